The van der Waals surface area contributed by atoms with Crippen LogP contribution >= 0.6 is 27.7 Å². The Hall–Kier alpha value is -0.770. The first-order valence-corrected chi connectivity index (χ1v) is 8.48. The fraction of sp³-hybridized carbons (Fsp3) is 0.294. The average Bonchev–Trinajstić information content (AvgIpc) is 2.41. The van der Waals surface area contributed by atoms with E-state index in [0.29, 0.717) is 0 Å². The van der Waals surface area contributed by atoms with E-state index >= 15 is 0 Å². The van der Waals surface area contributed by atoms with Gasteiger partial charge in [0.15, 0.2) is 0 Å². The summed E-state index contributed by atoms with van der Waals surface area (Å²) in [7, 11) is 0. The number of halogens is 1. The highest BCUT2D eigenvalue weighted by Crippen LogP contribution is 2.31. The Morgan fingerprint density at radius 2 is 1.90 bits per heavy atom. The quantitative estimate of drug-likeness (QED) is 0.803. The standard InChI is InChI=1S/C17H20BrNS/c1-3-14(19)10-13-7-8-16(11-17(13)18)20-15-6-4-5-12(2)9-15/h4-9,11,14H,3,10,19H2,1-2H3. The summed E-state index contributed by atoms with van der Waals surface area (Å²) < 4.78 is 1.15. The molecule has 0 fully saturated rings. The zero-order valence-electron chi connectivity index (χ0n) is 11.9. The van der Waals surface area contributed by atoms with Crippen LogP contribution in [0, 0.1) is 6.92 Å². The fourth-order valence-corrected chi connectivity index (χ4v) is 3.67. The minimum atomic E-state index is 0.238. The molecule has 0 aromatic heterocycles. The van der Waals surface area contributed by atoms with E-state index in [1.54, 1.807) is 11.8 Å². The monoisotopic (exact) mass is 349 g/mol. The van der Waals surface area contributed by atoms with E-state index in [2.05, 4.69) is 72.2 Å². The summed E-state index contributed by atoms with van der Waals surface area (Å²) >= 11 is 5.45. The molecule has 20 heavy (non-hydrogen) atoms. The lowest BCUT2D eigenvalue weighted by molar-refractivity contribution is 0.645. The minimum absolute atomic E-state index is 0.238. The Labute approximate surface area is 134 Å². The van der Waals surface area contributed by atoms with Gasteiger partial charge in [-0.2, -0.15) is 0 Å². The Morgan fingerprint density at radius 3 is 2.55 bits per heavy atom. The highest BCUT2D eigenvalue weighted by Gasteiger charge is 2.07. The highest BCUT2D eigenvalue weighted by molar-refractivity contribution is 9.10. The van der Waals surface area contributed by atoms with Gasteiger partial charge < -0.3 is 5.73 Å². The molecular weight excluding hydrogens is 330 g/mol. The molecule has 2 aromatic rings. The zero-order chi connectivity index (χ0) is 14.5. The number of hydrogen-bond donors (Lipinski definition) is 1. The Kier molecular flexibility index (Phi) is 5.70. The van der Waals surface area contributed by atoms with E-state index in [4.69, 9.17) is 5.73 Å². The van der Waals surface area contributed by atoms with E-state index < -0.39 is 0 Å². The van der Waals surface area contributed by atoms with E-state index in [1.807, 2.05) is 0 Å². The predicted molar refractivity (Wildman–Crippen MR) is 91.4 cm³/mol. The van der Waals surface area contributed by atoms with Crippen molar-refractivity contribution in [3.63, 3.8) is 0 Å². The van der Waals surface area contributed by atoms with Gasteiger partial charge >= 0.3 is 0 Å². The fourth-order valence-electron chi connectivity index (χ4n) is 2.00. The number of nitrogens with two attached hydrogens (primary N) is 1. The maximum Gasteiger partial charge on any atom is 0.0219 e. The number of hydrogen-bond acceptors (Lipinski definition) is 2. The zero-order valence-corrected chi connectivity index (χ0v) is 14.3. The molecule has 0 bridgehead atoms. The summed E-state index contributed by atoms with van der Waals surface area (Å²) in [5.41, 5.74) is 8.60. The van der Waals surface area contributed by atoms with E-state index in [-0.39, 0.29) is 6.04 Å². The van der Waals surface area contributed by atoms with E-state index in [9.17, 15) is 0 Å². The Bertz CT molecular complexity index is 583. The summed E-state index contributed by atoms with van der Waals surface area (Å²) in [5.74, 6) is 0. The maximum atomic E-state index is 6.03. The van der Waals surface area contributed by atoms with Crippen LogP contribution in [0.1, 0.15) is 24.5 Å². The van der Waals surface area contributed by atoms with Gasteiger partial charge in [0.2, 0.25) is 0 Å². The van der Waals surface area contributed by atoms with Crippen LogP contribution in [0.2, 0.25) is 0 Å². The molecule has 0 aliphatic carbocycles. The van der Waals surface area contributed by atoms with E-state index in [0.717, 1.165) is 17.3 Å². The molecule has 106 valence electrons. The van der Waals surface area contributed by atoms with Crippen LogP contribution in [0.15, 0.2) is 56.7 Å². The molecule has 2 N–H and O–H groups in total. The van der Waals surface area contributed by atoms with Crippen LogP contribution in [0.5, 0.6) is 0 Å². The van der Waals surface area contributed by atoms with Crippen LogP contribution in [0.3, 0.4) is 0 Å². The van der Waals surface area contributed by atoms with Crippen molar-refractivity contribution in [1.29, 1.82) is 0 Å². The summed E-state index contributed by atoms with van der Waals surface area (Å²) in [6.45, 7) is 4.25. The Morgan fingerprint density at radius 1 is 1.15 bits per heavy atom. The lowest BCUT2D eigenvalue weighted by Crippen LogP contribution is -2.21. The van der Waals surface area contributed by atoms with Crippen molar-refractivity contribution in [3.05, 3.63) is 58.1 Å². The van der Waals surface area contributed by atoms with Crippen LogP contribution in [0.25, 0.3) is 0 Å². The number of aryl methyl sites for hydroxylation is 1. The summed E-state index contributed by atoms with van der Waals surface area (Å²) in [6.07, 6.45) is 1.93. The molecule has 0 radical (unpaired) electrons. The molecule has 1 unspecified atom stereocenters. The first-order valence-electron chi connectivity index (χ1n) is 6.87. The molecule has 0 aliphatic heterocycles. The van der Waals surface area contributed by atoms with Crippen molar-refractivity contribution in [1.82, 2.24) is 0 Å². The third-order valence-corrected chi connectivity index (χ3v) is 4.97. The minimum Gasteiger partial charge on any atom is -0.327 e. The molecule has 0 aliphatic rings. The third kappa shape index (κ3) is 4.37. The molecule has 0 saturated carbocycles. The molecule has 1 nitrogen and oxygen atoms in total. The van der Waals surface area contributed by atoms with Gasteiger partial charge in [0, 0.05) is 20.3 Å². The molecule has 1 atom stereocenters. The summed E-state index contributed by atoms with van der Waals surface area (Å²) in [4.78, 5) is 2.52. The van der Waals surface area contributed by atoms with Gasteiger partial charge in [-0.1, -0.05) is 58.4 Å². The van der Waals surface area contributed by atoms with Crippen molar-refractivity contribution in [2.45, 2.75) is 42.5 Å². The average molecular weight is 350 g/mol. The van der Waals surface area contributed by atoms with Crippen molar-refractivity contribution in [3.8, 4) is 0 Å². The second kappa shape index (κ2) is 7.30. The lowest BCUT2D eigenvalue weighted by atomic mass is 10.1. The molecule has 3 heteroatoms. The van der Waals surface area contributed by atoms with Gasteiger partial charge in [-0.3, -0.25) is 0 Å². The molecule has 2 rings (SSSR count). The van der Waals surface area contributed by atoms with Crippen LogP contribution < -0.4 is 5.73 Å². The first kappa shape index (κ1) is 15.6. The number of benzene rings is 2. The van der Waals surface area contributed by atoms with Crippen LogP contribution in [-0.4, -0.2) is 6.04 Å². The van der Waals surface area contributed by atoms with Gasteiger partial charge in [0.1, 0.15) is 0 Å². The van der Waals surface area contributed by atoms with Gasteiger partial charge in [-0.25, -0.2) is 0 Å². The van der Waals surface area contributed by atoms with Gasteiger partial charge in [0.25, 0.3) is 0 Å². The second-order valence-electron chi connectivity index (χ2n) is 5.04. The molecule has 0 amide bonds. The lowest BCUT2D eigenvalue weighted by Gasteiger charge is -2.11. The van der Waals surface area contributed by atoms with Crippen molar-refractivity contribution >= 4 is 27.7 Å². The van der Waals surface area contributed by atoms with Gasteiger partial charge in [-0.05, 0) is 49.6 Å². The van der Waals surface area contributed by atoms with Gasteiger partial charge in [0.05, 0.1) is 0 Å². The maximum absolute atomic E-state index is 6.03. The van der Waals surface area contributed by atoms with Crippen LogP contribution in [-0.2, 0) is 6.42 Å². The predicted octanol–water partition coefficient (Wildman–Crippen LogP) is 5.19. The molecule has 0 saturated heterocycles. The van der Waals surface area contributed by atoms with Gasteiger partial charge in [-0.15, -0.1) is 0 Å². The topological polar surface area (TPSA) is 26.0 Å². The summed E-state index contributed by atoms with van der Waals surface area (Å²) in [5, 5.41) is 0. The first-order chi connectivity index (χ1) is 9.58. The largest absolute Gasteiger partial charge is 0.327 e. The third-order valence-electron chi connectivity index (χ3n) is 3.26. The summed E-state index contributed by atoms with van der Waals surface area (Å²) in [6, 6.07) is 15.3. The molecular formula is C17H20BrNS. The van der Waals surface area contributed by atoms with Crippen molar-refractivity contribution < 1.29 is 0 Å². The highest BCUT2D eigenvalue weighted by atomic mass is 79.9. The number of rotatable bonds is 5. The van der Waals surface area contributed by atoms with Crippen molar-refractivity contribution in [2.24, 2.45) is 5.73 Å². The SMILES string of the molecule is CCC(N)Cc1ccc(Sc2cccc(C)c2)cc1Br. The smallest absolute Gasteiger partial charge is 0.0219 e. The Balaban J connectivity index is 2.13. The van der Waals surface area contributed by atoms with Crippen LogP contribution in [0.4, 0.5) is 0 Å². The molecule has 0 heterocycles. The molecule has 0 spiro atoms. The van der Waals surface area contributed by atoms with Crippen molar-refractivity contribution in [2.75, 3.05) is 0 Å². The second-order valence-corrected chi connectivity index (χ2v) is 7.05. The molecule has 2 aromatic carbocycles. The normalized spacial score (nSPS) is 12.4. The van der Waals surface area contributed by atoms with E-state index in [1.165, 1.54) is 20.9 Å².